The third-order valence-electron chi connectivity index (χ3n) is 11.9. The number of allylic oxidation sites excluding steroid dienone is 2. The average Bonchev–Trinajstić information content (AvgIpc) is 4.13. The summed E-state index contributed by atoms with van der Waals surface area (Å²) in [7, 11) is 1.05. The largest absolute Gasteiger partial charge is 0.397 e. The van der Waals surface area contributed by atoms with Gasteiger partial charge in [0.1, 0.15) is 14.4 Å². The van der Waals surface area contributed by atoms with E-state index in [4.69, 9.17) is 21.2 Å². The van der Waals surface area contributed by atoms with E-state index in [-0.39, 0.29) is 22.3 Å². The molecule has 3 unspecified atom stereocenters. The van der Waals surface area contributed by atoms with Crippen LogP contribution >= 0.6 is 23.1 Å². The Kier molecular flexibility index (Phi) is 10.3. The molecule has 0 amide bonds. The number of nitrogens with one attached hydrogen (secondary N) is 1. The van der Waals surface area contributed by atoms with Gasteiger partial charge in [-0.2, -0.15) is 10.2 Å². The van der Waals surface area contributed by atoms with Crippen molar-refractivity contribution < 1.29 is 13.2 Å². The third-order valence-corrected chi connectivity index (χ3v) is 18.1. The molecule has 0 spiro atoms. The van der Waals surface area contributed by atoms with Gasteiger partial charge in [0.15, 0.2) is 0 Å². The van der Waals surface area contributed by atoms with Gasteiger partial charge in [-0.05, 0) is 67.7 Å². The number of nitrogen functional groups attached to an aromatic ring is 1. The molecule has 11 rings (SSSR count). The summed E-state index contributed by atoms with van der Waals surface area (Å²) < 4.78 is 40.9. The predicted molar refractivity (Wildman–Crippen MR) is 253 cm³/mol. The molecule has 1 fully saturated rings. The van der Waals surface area contributed by atoms with Gasteiger partial charge >= 0.3 is 0 Å². The van der Waals surface area contributed by atoms with Crippen LogP contribution in [0.5, 0.6) is 0 Å². The second kappa shape index (κ2) is 16.2. The van der Waals surface area contributed by atoms with E-state index in [1.54, 1.807) is 29.5 Å². The van der Waals surface area contributed by atoms with Crippen molar-refractivity contribution in [3.8, 4) is 22.4 Å². The number of aromatic nitrogens is 10. The maximum Gasteiger partial charge on any atom is 0.233 e. The van der Waals surface area contributed by atoms with Gasteiger partial charge < -0.3 is 21.5 Å². The predicted octanol–water partition coefficient (Wildman–Crippen LogP) is 5.92. The summed E-state index contributed by atoms with van der Waals surface area (Å²) in [6.07, 6.45) is 18.1. The summed E-state index contributed by atoms with van der Waals surface area (Å²) in [6.45, 7) is 2.74. The van der Waals surface area contributed by atoms with Crippen molar-refractivity contribution in [2.24, 2.45) is 25.7 Å². The molecule has 324 valence electrons. The Morgan fingerprint density at radius 3 is 2.64 bits per heavy atom. The van der Waals surface area contributed by atoms with Crippen LogP contribution in [0.2, 0.25) is 0 Å². The van der Waals surface area contributed by atoms with Crippen LogP contribution in [0.3, 0.4) is 0 Å². The Labute approximate surface area is 379 Å². The van der Waals surface area contributed by atoms with Crippen molar-refractivity contribution in [1.82, 2.24) is 54.2 Å². The van der Waals surface area contributed by atoms with Crippen molar-refractivity contribution in [2.75, 3.05) is 24.7 Å². The first-order chi connectivity index (χ1) is 31.1. The number of hydrogen-bond donors (Lipinski definition) is 3. The number of anilines is 1. The quantitative estimate of drug-likeness (QED) is 0.121. The highest BCUT2D eigenvalue weighted by Gasteiger charge is 2.42. The Morgan fingerprint density at radius 1 is 0.969 bits per heavy atom. The number of nitrogens with zero attached hydrogens (tertiary/aromatic N) is 10. The van der Waals surface area contributed by atoms with E-state index in [0.29, 0.717) is 49.3 Å². The van der Waals surface area contributed by atoms with Gasteiger partial charge in [-0.25, -0.2) is 15.0 Å². The van der Waals surface area contributed by atoms with Crippen LogP contribution in [0, 0.1) is 12.8 Å². The molecule has 3 aliphatic rings. The lowest BCUT2D eigenvalue weighted by molar-refractivity contribution is 0.0824. The monoisotopic (exact) mass is 927 g/mol. The summed E-state index contributed by atoms with van der Waals surface area (Å²) in [4.78, 5) is 23.6. The van der Waals surface area contributed by atoms with Crippen LogP contribution in [0.25, 0.3) is 60.7 Å². The zero-order valence-corrected chi connectivity index (χ0v) is 38.1. The van der Waals surface area contributed by atoms with Crippen molar-refractivity contribution in [3.63, 3.8) is 0 Å². The molecular formula is C44H41N13O3S4. The highest BCUT2D eigenvalue weighted by atomic mass is 32.2. The van der Waals surface area contributed by atoms with Crippen LogP contribution in [0.15, 0.2) is 106 Å². The number of pyridine rings is 3. The molecule has 5 N–H and O–H groups in total. The zero-order chi connectivity index (χ0) is 43.8. The molecule has 0 saturated heterocycles. The smallest absolute Gasteiger partial charge is 0.233 e. The maximum atomic E-state index is 14.2. The van der Waals surface area contributed by atoms with Crippen molar-refractivity contribution in [2.45, 2.75) is 34.6 Å². The number of ether oxygens (including phenoxy) is 1. The first-order valence-electron chi connectivity index (χ1n) is 20.6. The molecule has 0 radical (unpaired) electrons. The molecule has 10 heterocycles. The lowest BCUT2D eigenvalue weighted by atomic mass is 9.85. The number of imidazole rings is 1. The fourth-order valence-electron chi connectivity index (χ4n) is 8.60. The number of hydrogen-bond acceptors (Lipinski definition) is 15. The van der Waals surface area contributed by atoms with Crippen LogP contribution < -0.4 is 16.8 Å². The first-order valence-corrected chi connectivity index (χ1v) is 24.8. The Balaban J connectivity index is 0.757. The lowest BCUT2D eigenvalue weighted by Crippen LogP contribution is -2.36. The molecule has 16 nitrogen and oxygen atoms in total. The van der Waals surface area contributed by atoms with Crippen LogP contribution in [0.4, 0.5) is 5.69 Å². The number of aryl methyl sites for hydroxylation is 3. The topological polar surface area (TPSA) is 212 Å². The highest BCUT2D eigenvalue weighted by Crippen LogP contribution is 2.50. The van der Waals surface area contributed by atoms with Gasteiger partial charge in [0.2, 0.25) is 5.78 Å². The Morgan fingerprint density at radius 2 is 1.83 bits per heavy atom. The second-order valence-corrected chi connectivity index (χ2v) is 21.8. The Bertz CT molecular complexity index is 3340. The third kappa shape index (κ3) is 7.13. The van der Waals surface area contributed by atoms with Gasteiger partial charge in [-0.3, -0.25) is 32.2 Å². The van der Waals surface area contributed by atoms with E-state index < -0.39 is 21.6 Å². The van der Waals surface area contributed by atoms with Gasteiger partial charge in [-0.1, -0.05) is 11.8 Å². The molecule has 2 aliphatic heterocycles. The van der Waals surface area contributed by atoms with Crippen LogP contribution in [-0.2, 0) is 40.4 Å². The highest BCUT2D eigenvalue weighted by molar-refractivity contribution is 8.17. The molecule has 3 atom stereocenters. The summed E-state index contributed by atoms with van der Waals surface area (Å²) in [5, 5.41) is 13.1. The molecule has 0 bridgehead atoms. The van der Waals surface area contributed by atoms with Crippen LogP contribution in [0.1, 0.15) is 29.8 Å². The van der Waals surface area contributed by atoms with E-state index >= 15 is 0 Å². The van der Waals surface area contributed by atoms with Crippen molar-refractivity contribution in [3.05, 3.63) is 118 Å². The van der Waals surface area contributed by atoms with Crippen LogP contribution in [-0.4, -0.2) is 86.9 Å². The molecular weight excluding hydrogens is 887 g/mol. The van der Waals surface area contributed by atoms with Crippen molar-refractivity contribution >= 4 is 88.7 Å². The zero-order valence-electron chi connectivity index (χ0n) is 34.8. The van der Waals surface area contributed by atoms with Gasteiger partial charge in [0.05, 0.1) is 77.7 Å². The number of thioether (sulfide) groups is 1. The summed E-state index contributed by atoms with van der Waals surface area (Å²) in [5.41, 5.74) is 25.0. The molecule has 20 heteroatoms. The second-order valence-electron chi connectivity index (χ2n) is 16.0. The number of nitrogens with two attached hydrogens (primary N) is 2. The molecule has 64 heavy (non-hydrogen) atoms. The standard InChI is InChI=1S/C44H41N13O3S4/c1-23-30(21-55(2)54-23)28-16-33(26-19-50-44-48-9-10-57(44)20-26)53-40-36(28)38(45)42(61-40)63(58)12-11-60-22-24-13-27(14-24)64(59)43-39(46)37-29(35-6-8-51-56(35)3)17-32(52-41(37)62-43)25-15-34-31(49-18-25)5-4-7-47-34/h4-10,15-21,24,27,41,52H,11-14,22,45-46H2,1-3H3. The van der Waals surface area contributed by atoms with E-state index in [2.05, 4.69) is 41.5 Å². The Hall–Kier alpha value is -6.06. The average molecular weight is 928 g/mol. The fraction of sp³-hybridized carbons (Fsp3) is 0.250. The van der Waals surface area contributed by atoms with E-state index in [0.717, 1.165) is 79.7 Å². The maximum absolute atomic E-state index is 14.2. The number of fused-ring (bicyclic) bond motifs is 4. The normalized spacial score (nSPS) is 19.6. The van der Waals surface area contributed by atoms with Gasteiger partial charge in [0.25, 0.3) is 0 Å². The number of rotatable bonds is 12. The molecule has 0 aromatic carbocycles. The number of thiophene rings is 1. The minimum Gasteiger partial charge on any atom is -0.397 e. The molecule has 8 aromatic rings. The van der Waals surface area contributed by atoms with Gasteiger partial charge in [0, 0.05) is 114 Å². The van der Waals surface area contributed by atoms with E-state index in [9.17, 15) is 8.42 Å². The minimum absolute atomic E-state index is 0.0427. The summed E-state index contributed by atoms with van der Waals surface area (Å²) >= 11 is 2.86. The van der Waals surface area contributed by atoms with Gasteiger partial charge in [-0.15, -0.1) is 11.3 Å². The number of dihydropyridines is 1. The summed E-state index contributed by atoms with van der Waals surface area (Å²) in [5.74, 6) is 1.11. The van der Waals surface area contributed by atoms with E-state index in [1.165, 1.54) is 23.1 Å². The molecule has 8 aromatic heterocycles. The SMILES string of the molecule is Cc1nn(C)cc1-c1cc(-c2cnc3nccn3c2)nc2sc(S(=O)CCOCC3CC(S(=O)C4=C(N)C5=C(c6ccnn6C)C=C(c6cnc7cccnc7c6)NC5S4)C3)c(N)c12. The molecule has 1 saturated carbocycles. The molecule has 1 aliphatic carbocycles. The van der Waals surface area contributed by atoms with E-state index in [1.807, 2.05) is 85.2 Å². The fourth-order valence-corrected chi connectivity index (χ4v) is 14.7. The summed E-state index contributed by atoms with van der Waals surface area (Å²) in [6, 6.07) is 9.79. The lowest BCUT2D eigenvalue weighted by Gasteiger charge is -2.34. The first kappa shape index (κ1) is 40.7. The van der Waals surface area contributed by atoms with Crippen molar-refractivity contribution in [1.29, 1.82) is 0 Å². The minimum atomic E-state index is -1.43.